The number of benzene rings is 1. The Kier molecular flexibility index (Phi) is 4.03. The summed E-state index contributed by atoms with van der Waals surface area (Å²) in [6.45, 7) is 1.82. The first-order valence-electron chi connectivity index (χ1n) is 6.03. The number of hydrogen-bond acceptors (Lipinski definition) is 4. The standard InChI is InChI=1S/C14H13N3O4/c1-8-5-6-9(7-15-8)16-14(21)17-11-4-2-3-10(12(11)18)13(19)20/h2-7,18H,1H3,(H,19,20)(H2,16,17,21). The number of urea groups is 1. The third kappa shape index (κ3) is 3.47. The number of anilines is 2. The van der Waals surface area contributed by atoms with Gasteiger partial charge in [0.15, 0.2) is 5.75 Å². The molecule has 0 aliphatic rings. The number of hydrogen-bond donors (Lipinski definition) is 4. The number of nitrogens with zero attached hydrogens (tertiary/aromatic N) is 1. The fourth-order valence-electron chi connectivity index (χ4n) is 1.64. The number of aromatic hydroxyl groups is 1. The van der Waals surface area contributed by atoms with E-state index in [0.29, 0.717) is 5.69 Å². The Balaban J connectivity index is 2.11. The molecule has 0 aliphatic heterocycles. The van der Waals surface area contributed by atoms with Crippen LogP contribution >= 0.6 is 0 Å². The number of aromatic nitrogens is 1. The second kappa shape index (κ2) is 5.91. The number of amides is 2. The summed E-state index contributed by atoms with van der Waals surface area (Å²) in [5, 5.41) is 23.6. The van der Waals surface area contributed by atoms with E-state index in [0.717, 1.165) is 5.69 Å². The molecule has 0 radical (unpaired) electrons. The molecule has 108 valence electrons. The second-order valence-corrected chi connectivity index (χ2v) is 4.27. The van der Waals surface area contributed by atoms with Crippen molar-refractivity contribution in [2.45, 2.75) is 6.92 Å². The molecule has 1 aromatic carbocycles. The Morgan fingerprint density at radius 3 is 2.52 bits per heavy atom. The number of carbonyl (C=O) groups excluding carboxylic acids is 1. The zero-order valence-electron chi connectivity index (χ0n) is 11.1. The molecule has 1 heterocycles. The van der Waals surface area contributed by atoms with Crippen molar-refractivity contribution in [1.29, 1.82) is 0 Å². The van der Waals surface area contributed by atoms with Crippen molar-refractivity contribution in [2.24, 2.45) is 0 Å². The minimum atomic E-state index is -1.28. The van der Waals surface area contributed by atoms with Crippen LogP contribution in [0.25, 0.3) is 0 Å². The lowest BCUT2D eigenvalue weighted by Crippen LogP contribution is -2.19. The maximum atomic E-state index is 11.8. The van der Waals surface area contributed by atoms with Crippen molar-refractivity contribution in [1.82, 2.24) is 4.98 Å². The van der Waals surface area contributed by atoms with Crippen LogP contribution in [0.4, 0.5) is 16.2 Å². The van der Waals surface area contributed by atoms with Gasteiger partial charge in [0.05, 0.1) is 17.6 Å². The molecule has 4 N–H and O–H groups in total. The van der Waals surface area contributed by atoms with E-state index in [1.165, 1.54) is 24.4 Å². The third-order valence-corrected chi connectivity index (χ3v) is 2.68. The lowest BCUT2D eigenvalue weighted by atomic mass is 10.1. The summed E-state index contributed by atoms with van der Waals surface area (Å²) in [5.41, 5.74) is 1.01. The summed E-state index contributed by atoms with van der Waals surface area (Å²) in [6, 6.07) is 6.86. The minimum Gasteiger partial charge on any atom is -0.505 e. The number of rotatable bonds is 3. The van der Waals surface area contributed by atoms with Gasteiger partial charge in [-0.1, -0.05) is 6.07 Å². The quantitative estimate of drug-likeness (QED) is 0.648. The SMILES string of the molecule is Cc1ccc(NC(=O)Nc2cccc(C(=O)O)c2O)cn1. The fraction of sp³-hybridized carbons (Fsp3) is 0.0714. The van der Waals surface area contributed by atoms with Gasteiger partial charge in [-0.25, -0.2) is 9.59 Å². The summed E-state index contributed by atoms with van der Waals surface area (Å²) < 4.78 is 0. The van der Waals surface area contributed by atoms with Gasteiger partial charge in [0.1, 0.15) is 5.56 Å². The molecule has 0 bridgehead atoms. The Hall–Kier alpha value is -3.09. The molecule has 21 heavy (non-hydrogen) atoms. The molecule has 2 rings (SSSR count). The van der Waals surface area contributed by atoms with Crippen molar-refractivity contribution in [3.8, 4) is 5.75 Å². The first-order valence-corrected chi connectivity index (χ1v) is 6.03. The molecule has 0 fully saturated rings. The molecule has 0 unspecified atom stereocenters. The van der Waals surface area contributed by atoms with Gasteiger partial charge in [-0.05, 0) is 31.2 Å². The van der Waals surface area contributed by atoms with E-state index < -0.39 is 17.7 Å². The van der Waals surface area contributed by atoms with Crippen molar-refractivity contribution < 1.29 is 19.8 Å². The van der Waals surface area contributed by atoms with E-state index in [1.807, 2.05) is 6.92 Å². The Bertz CT molecular complexity index is 683. The summed E-state index contributed by atoms with van der Waals surface area (Å²) in [5.74, 6) is -1.78. The minimum absolute atomic E-state index is 0.00692. The average molecular weight is 287 g/mol. The van der Waals surface area contributed by atoms with E-state index in [2.05, 4.69) is 15.6 Å². The number of aromatic carboxylic acids is 1. The van der Waals surface area contributed by atoms with Crippen molar-refractivity contribution in [3.05, 3.63) is 47.8 Å². The number of nitrogens with one attached hydrogen (secondary N) is 2. The highest BCUT2D eigenvalue weighted by Gasteiger charge is 2.14. The summed E-state index contributed by atoms with van der Waals surface area (Å²) in [7, 11) is 0. The van der Waals surface area contributed by atoms with Gasteiger partial charge in [-0.2, -0.15) is 0 Å². The van der Waals surface area contributed by atoms with Crippen LogP contribution in [0.5, 0.6) is 5.75 Å². The number of para-hydroxylation sites is 1. The first-order chi connectivity index (χ1) is 9.97. The third-order valence-electron chi connectivity index (χ3n) is 2.68. The molecule has 1 aromatic heterocycles. The van der Waals surface area contributed by atoms with Crippen LogP contribution in [-0.4, -0.2) is 27.2 Å². The predicted molar refractivity (Wildman–Crippen MR) is 76.7 cm³/mol. The van der Waals surface area contributed by atoms with E-state index in [1.54, 1.807) is 12.1 Å². The molecule has 0 atom stereocenters. The molecule has 0 saturated heterocycles. The smallest absolute Gasteiger partial charge is 0.339 e. The van der Waals surface area contributed by atoms with Gasteiger partial charge in [0.25, 0.3) is 0 Å². The van der Waals surface area contributed by atoms with Gasteiger partial charge in [0, 0.05) is 5.69 Å². The zero-order chi connectivity index (χ0) is 15.4. The Morgan fingerprint density at radius 1 is 1.14 bits per heavy atom. The number of carboxylic acid groups (broad SMARTS) is 1. The van der Waals surface area contributed by atoms with Crippen molar-refractivity contribution in [2.75, 3.05) is 10.6 Å². The van der Waals surface area contributed by atoms with E-state index in [-0.39, 0.29) is 11.3 Å². The summed E-state index contributed by atoms with van der Waals surface area (Å²) in [6.07, 6.45) is 1.49. The van der Waals surface area contributed by atoms with Crippen molar-refractivity contribution >= 4 is 23.4 Å². The highest BCUT2D eigenvalue weighted by molar-refractivity contribution is 6.02. The molecule has 7 nitrogen and oxygen atoms in total. The monoisotopic (exact) mass is 287 g/mol. The second-order valence-electron chi connectivity index (χ2n) is 4.27. The number of carbonyl (C=O) groups is 2. The topological polar surface area (TPSA) is 112 Å². The Labute approximate surface area is 120 Å². The van der Waals surface area contributed by atoms with Gasteiger partial charge in [-0.3, -0.25) is 4.98 Å². The molecular formula is C14H13N3O4. The van der Waals surface area contributed by atoms with Gasteiger partial charge in [-0.15, -0.1) is 0 Å². The highest BCUT2D eigenvalue weighted by Crippen LogP contribution is 2.27. The van der Waals surface area contributed by atoms with Crippen LogP contribution in [0.3, 0.4) is 0 Å². The van der Waals surface area contributed by atoms with Crippen LogP contribution in [0.2, 0.25) is 0 Å². The van der Waals surface area contributed by atoms with E-state index >= 15 is 0 Å². The Morgan fingerprint density at radius 2 is 1.90 bits per heavy atom. The fourth-order valence-corrected chi connectivity index (χ4v) is 1.64. The van der Waals surface area contributed by atoms with E-state index in [4.69, 9.17) is 5.11 Å². The number of carboxylic acids is 1. The summed E-state index contributed by atoms with van der Waals surface area (Å²) >= 11 is 0. The largest absolute Gasteiger partial charge is 0.505 e. The van der Waals surface area contributed by atoms with Gasteiger partial charge >= 0.3 is 12.0 Å². The van der Waals surface area contributed by atoms with Crippen molar-refractivity contribution in [3.63, 3.8) is 0 Å². The summed E-state index contributed by atoms with van der Waals surface area (Å²) in [4.78, 5) is 26.7. The van der Waals surface area contributed by atoms with Crippen LogP contribution in [0, 0.1) is 6.92 Å². The highest BCUT2D eigenvalue weighted by atomic mass is 16.4. The lowest BCUT2D eigenvalue weighted by molar-refractivity contribution is 0.0694. The molecule has 2 amide bonds. The van der Waals surface area contributed by atoms with Crippen LogP contribution in [0.15, 0.2) is 36.5 Å². The average Bonchev–Trinajstić information content (AvgIpc) is 2.43. The normalized spacial score (nSPS) is 9.95. The van der Waals surface area contributed by atoms with Gasteiger partial charge < -0.3 is 20.8 Å². The molecule has 0 saturated carbocycles. The lowest BCUT2D eigenvalue weighted by Gasteiger charge is -2.10. The number of pyridine rings is 1. The molecular weight excluding hydrogens is 274 g/mol. The van der Waals surface area contributed by atoms with Crippen LogP contribution in [-0.2, 0) is 0 Å². The molecule has 0 aliphatic carbocycles. The number of aryl methyl sites for hydroxylation is 1. The van der Waals surface area contributed by atoms with Gasteiger partial charge in [0.2, 0.25) is 0 Å². The predicted octanol–water partition coefficient (Wildman–Crippen LogP) is 2.44. The molecule has 0 spiro atoms. The maximum Gasteiger partial charge on any atom is 0.339 e. The van der Waals surface area contributed by atoms with E-state index in [9.17, 15) is 14.7 Å². The zero-order valence-corrected chi connectivity index (χ0v) is 11.1. The maximum absolute atomic E-state index is 11.8. The van der Waals surface area contributed by atoms with Crippen LogP contribution < -0.4 is 10.6 Å². The first kappa shape index (κ1) is 14.3. The number of phenols is 1. The molecule has 2 aromatic rings. The molecule has 7 heteroatoms. The van der Waals surface area contributed by atoms with Crippen LogP contribution in [0.1, 0.15) is 16.1 Å².